The van der Waals surface area contributed by atoms with Gasteiger partial charge in [-0.1, -0.05) is 55.0 Å². The van der Waals surface area contributed by atoms with E-state index in [-0.39, 0.29) is 4.90 Å². The maximum absolute atomic E-state index is 12.3. The van der Waals surface area contributed by atoms with Crippen LogP contribution in [-0.2, 0) is 16.4 Å². The molecule has 0 amide bonds. The summed E-state index contributed by atoms with van der Waals surface area (Å²) in [7, 11) is -3.42. The number of benzene rings is 3. The van der Waals surface area contributed by atoms with Crippen molar-refractivity contribution in [3.05, 3.63) is 77.9 Å². The molecular weight excluding hydrogens is 496 g/mol. The van der Waals surface area contributed by atoms with Crippen molar-refractivity contribution in [2.45, 2.75) is 44.2 Å². The van der Waals surface area contributed by atoms with Crippen molar-refractivity contribution < 1.29 is 13.2 Å². The van der Waals surface area contributed by atoms with Crippen LogP contribution in [0.25, 0.3) is 22.0 Å². The topological polar surface area (TPSA) is 84.4 Å². The smallest absolute Gasteiger partial charge is 0.175 e. The first kappa shape index (κ1) is 26.1. The van der Waals surface area contributed by atoms with Gasteiger partial charge in [0.05, 0.1) is 4.90 Å². The molecule has 1 aliphatic rings. The van der Waals surface area contributed by atoms with Gasteiger partial charge in [0.15, 0.2) is 15.7 Å². The van der Waals surface area contributed by atoms with E-state index >= 15 is 0 Å². The summed E-state index contributed by atoms with van der Waals surface area (Å²) in [6.07, 6.45) is 3.45. The quantitative estimate of drug-likeness (QED) is 0.323. The van der Waals surface area contributed by atoms with Crippen molar-refractivity contribution in [1.82, 2.24) is 15.1 Å². The van der Waals surface area contributed by atoms with Crippen molar-refractivity contribution in [3.63, 3.8) is 0 Å². The molecule has 4 aromatic rings. The van der Waals surface area contributed by atoms with Gasteiger partial charge < -0.3 is 15.0 Å². The van der Waals surface area contributed by atoms with E-state index in [0.717, 1.165) is 60.2 Å². The van der Waals surface area contributed by atoms with Crippen molar-refractivity contribution in [2.24, 2.45) is 0 Å². The summed E-state index contributed by atoms with van der Waals surface area (Å²) < 4.78 is 30.9. The zero-order valence-electron chi connectivity index (χ0n) is 22.1. The number of nitrogens with zero attached hydrogens (tertiary/aromatic N) is 3. The lowest BCUT2D eigenvalue weighted by atomic mass is 10.0. The van der Waals surface area contributed by atoms with Crippen LogP contribution < -0.4 is 10.1 Å². The first-order valence-electron chi connectivity index (χ1n) is 13.1. The van der Waals surface area contributed by atoms with E-state index in [4.69, 9.17) is 4.74 Å². The number of sulfone groups is 1. The summed E-state index contributed by atoms with van der Waals surface area (Å²) in [4.78, 5) is 2.66. The van der Waals surface area contributed by atoms with Gasteiger partial charge in [-0.05, 0) is 62.7 Å². The van der Waals surface area contributed by atoms with E-state index in [0.29, 0.717) is 29.7 Å². The summed E-state index contributed by atoms with van der Waals surface area (Å²) >= 11 is 0. The summed E-state index contributed by atoms with van der Waals surface area (Å²) in [6, 6.07) is 21.3. The summed E-state index contributed by atoms with van der Waals surface area (Å²) in [5.74, 6) is 1.23. The summed E-state index contributed by atoms with van der Waals surface area (Å²) in [5.41, 5.74) is 3.48. The molecule has 0 spiro atoms. The second kappa shape index (κ2) is 11.1. The molecule has 1 fully saturated rings. The van der Waals surface area contributed by atoms with Crippen LogP contribution in [0.2, 0.25) is 0 Å². The number of rotatable bonds is 8. The summed E-state index contributed by atoms with van der Waals surface area (Å²) in [6.45, 7) is 7.73. The Morgan fingerprint density at radius 1 is 1.03 bits per heavy atom. The molecule has 38 heavy (non-hydrogen) atoms. The van der Waals surface area contributed by atoms with Crippen molar-refractivity contribution in [3.8, 4) is 17.0 Å². The van der Waals surface area contributed by atoms with E-state index in [1.807, 2.05) is 30.3 Å². The Morgan fingerprint density at radius 2 is 1.84 bits per heavy atom. The van der Waals surface area contributed by atoms with Gasteiger partial charge in [-0.3, -0.25) is 0 Å². The zero-order chi connectivity index (χ0) is 26.7. The predicted octanol–water partition coefficient (Wildman–Crippen LogP) is 5.48. The Kier molecular flexibility index (Phi) is 7.63. The Bertz CT molecular complexity index is 1540. The molecule has 0 radical (unpaired) electrons. The molecule has 0 bridgehead atoms. The van der Waals surface area contributed by atoms with Crippen LogP contribution in [0.4, 0.5) is 5.82 Å². The normalized spacial score (nSPS) is 16.4. The number of hydrogen-bond donors (Lipinski definition) is 1. The highest BCUT2D eigenvalue weighted by Crippen LogP contribution is 2.37. The van der Waals surface area contributed by atoms with E-state index in [9.17, 15) is 8.42 Å². The van der Waals surface area contributed by atoms with Gasteiger partial charge in [0, 0.05) is 35.2 Å². The molecule has 1 aliphatic heterocycles. The van der Waals surface area contributed by atoms with Crippen molar-refractivity contribution in [1.29, 1.82) is 0 Å². The Hall–Kier alpha value is -3.49. The molecule has 1 N–H and O–H groups in total. The third-order valence-corrected chi connectivity index (χ3v) is 8.21. The monoisotopic (exact) mass is 530 g/mol. The van der Waals surface area contributed by atoms with E-state index in [2.05, 4.69) is 52.5 Å². The lowest BCUT2D eigenvalue weighted by Crippen LogP contribution is -2.42. The molecule has 0 saturated carbocycles. The number of anilines is 1. The minimum Gasteiger partial charge on any atom is -0.488 e. The number of nitrogens with one attached hydrogen (secondary N) is 1. The van der Waals surface area contributed by atoms with Gasteiger partial charge in [-0.15, -0.1) is 10.2 Å². The highest BCUT2D eigenvalue weighted by molar-refractivity contribution is 7.90. The van der Waals surface area contributed by atoms with Crippen LogP contribution in [-0.4, -0.2) is 55.4 Å². The van der Waals surface area contributed by atoms with Gasteiger partial charge in [-0.2, -0.15) is 0 Å². The first-order chi connectivity index (χ1) is 18.3. The SMILES string of the molecule is CCN1CCC[C@@H](Nc2nnc(-c3ccc(S(C)(=O)=O)cc3OCc3ccccc3)c3ccc(C)cc23)C1. The van der Waals surface area contributed by atoms with Gasteiger partial charge in [0.25, 0.3) is 0 Å². The first-order valence-corrected chi connectivity index (χ1v) is 15.0. The molecule has 3 aromatic carbocycles. The van der Waals surface area contributed by atoms with Crippen molar-refractivity contribution >= 4 is 26.4 Å². The number of aromatic nitrogens is 2. The maximum atomic E-state index is 12.3. The lowest BCUT2D eigenvalue weighted by Gasteiger charge is -2.32. The molecule has 1 saturated heterocycles. The molecule has 2 heterocycles. The van der Waals surface area contributed by atoms with Gasteiger partial charge in [0.2, 0.25) is 0 Å². The molecule has 7 nitrogen and oxygen atoms in total. The van der Waals surface area contributed by atoms with Crippen LogP contribution in [0.3, 0.4) is 0 Å². The van der Waals surface area contributed by atoms with Crippen LogP contribution >= 0.6 is 0 Å². The van der Waals surface area contributed by atoms with Gasteiger partial charge >= 0.3 is 0 Å². The number of hydrogen-bond acceptors (Lipinski definition) is 7. The number of likely N-dealkylation sites (tertiary alicyclic amines) is 1. The molecule has 0 aliphatic carbocycles. The highest BCUT2D eigenvalue weighted by atomic mass is 32.2. The molecule has 198 valence electrons. The average molecular weight is 531 g/mol. The fourth-order valence-corrected chi connectivity index (χ4v) is 5.65. The van der Waals surface area contributed by atoms with E-state index < -0.39 is 9.84 Å². The minimum absolute atomic E-state index is 0.202. The van der Waals surface area contributed by atoms with Crippen LogP contribution in [0, 0.1) is 6.92 Å². The lowest BCUT2D eigenvalue weighted by molar-refractivity contribution is 0.226. The number of aryl methyl sites for hydroxylation is 1. The second-order valence-electron chi connectivity index (χ2n) is 10.0. The minimum atomic E-state index is -3.42. The number of ether oxygens (including phenoxy) is 1. The standard InChI is InChI=1S/C30H34N4O3S/c1-4-34-16-8-11-23(19-34)31-30-27-17-21(2)12-14-25(27)29(32-33-30)26-15-13-24(38(3,35)36)18-28(26)37-20-22-9-6-5-7-10-22/h5-7,9-10,12-15,17-18,23H,4,8,11,16,19-20H2,1-3H3,(H,31,33)/t23-/m1/s1. The molecule has 5 rings (SSSR count). The van der Waals surface area contributed by atoms with Crippen molar-refractivity contribution in [2.75, 3.05) is 31.2 Å². The predicted molar refractivity (Wildman–Crippen MR) is 152 cm³/mol. The second-order valence-corrected chi connectivity index (χ2v) is 12.0. The molecule has 1 aromatic heterocycles. The number of piperidine rings is 1. The number of likely N-dealkylation sites (N-methyl/N-ethyl adjacent to an activating group) is 1. The van der Waals surface area contributed by atoms with Gasteiger partial charge in [-0.25, -0.2) is 8.42 Å². The van der Waals surface area contributed by atoms with Crippen LogP contribution in [0.15, 0.2) is 71.6 Å². The van der Waals surface area contributed by atoms with Crippen LogP contribution in [0.5, 0.6) is 5.75 Å². The Morgan fingerprint density at radius 3 is 2.61 bits per heavy atom. The third-order valence-electron chi connectivity index (χ3n) is 7.10. The maximum Gasteiger partial charge on any atom is 0.175 e. The van der Waals surface area contributed by atoms with E-state index in [1.54, 1.807) is 18.2 Å². The average Bonchev–Trinajstić information content (AvgIpc) is 2.92. The fourth-order valence-electron chi connectivity index (χ4n) is 5.01. The third kappa shape index (κ3) is 5.81. The zero-order valence-corrected chi connectivity index (χ0v) is 23.0. The molecule has 0 unspecified atom stereocenters. The summed E-state index contributed by atoms with van der Waals surface area (Å²) in [5, 5.41) is 14.9. The van der Waals surface area contributed by atoms with Gasteiger partial charge in [0.1, 0.15) is 18.1 Å². The Labute approximate surface area is 224 Å². The fraction of sp³-hybridized carbons (Fsp3) is 0.333. The largest absolute Gasteiger partial charge is 0.488 e. The molecular formula is C30H34N4O3S. The number of fused-ring (bicyclic) bond motifs is 1. The highest BCUT2D eigenvalue weighted by Gasteiger charge is 2.22. The van der Waals surface area contributed by atoms with E-state index in [1.165, 1.54) is 6.26 Å². The van der Waals surface area contributed by atoms with Crippen LogP contribution in [0.1, 0.15) is 30.9 Å². The Balaban J connectivity index is 1.57. The molecule has 1 atom stereocenters. The molecule has 8 heteroatoms.